The van der Waals surface area contributed by atoms with Crippen molar-refractivity contribution in [2.24, 2.45) is 0 Å². The van der Waals surface area contributed by atoms with Crippen molar-refractivity contribution in [1.29, 1.82) is 0 Å². The Hall–Kier alpha value is -2.25. The van der Waals surface area contributed by atoms with Crippen LogP contribution in [0.2, 0.25) is 0 Å². The van der Waals surface area contributed by atoms with Crippen LogP contribution in [0.5, 0.6) is 0 Å². The fraction of sp³-hybridized carbons (Fsp3) is 0.348. The van der Waals surface area contributed by atoms with E-state index < -0.39 is 0 Å². The fourth-order valence-electron chi connectivity index (χ4n) is 3.14. The highest BCUT2D eigenvalue weighted by atomic mass is 32.2. The van der Waals surface area contributed by atoms with Gasteiger partial charge in [0, 0.05) is 17.1 Å². The monoisotopic (exact) mass is 440 g/mol. The number of carbonyl (C=O) groups is 1. The van der Waals surface area contributed by atoms with Crippen LogP contribution in [-0.4, -0.2) is 26.4 Å². The molecule has 158 valence electrons. The quantitative estimate of drug-likeness (QED) is 0.445. The summed E-state index contributed by atoms with van der Waals surface area (Å²) in [5.74, 6) is 1.96. The first-order chi connectivity index (χ1) is 14.5. The number of hydrogen-bond acceptors (Lipinski definition) is 5. The molecule has 0 spiro atoms. The molecule has 1 amide bonds. The Kier molecular flexibility index (Phi) is 7.99. The summed E-state index contributed by atoms with van der Waals surface area (Å²) in [6, 6.07) is 14.6. The molecule has 7 heteroatoms. The molecule has 1 heterocycles. The van der Waals surface area contributed by atoms with Gasteiger partial charge in [-0.1, -0.05) is 54.6 Å². The van der Waals surface area contributed by atoms with Crippen LogP contribution >= 0.6 is 23.5 Å². The number of thioether (sulfide) groups is 2. The second-order valence-corrected chi connectivity index (χ2v) is 9.04. The lowest BCUT2D eigenvalue weighted by Crippen LogP contribution is -2.16. The van der Waals surface area contributed by atoms with Gasteiger partial charge >= 0.3 is 0 Å². The van der Waals surface area contributed by atoms with Crippen LogP contribution in [0.25, 0.3) is 0 Å². The van der Waals surface area contributed by atoms with E-state index in [2.05, 4.69) is 71.2 Å². The zero-order valence-electron chi connectivity index (χ0n) is 17.9. The first kappa shape index (κ1) is 22.4. The minimum atomic E-state index is -0.0229. The topological polar surface area (TPSA) is 59.8 Å². The zero-order valence-corrected chi connectivity index (χ0v) is 19.6. The fourth-order valence-corrected chi connectivity index (χ4v) is 4.80. The molecule has 0 saturated carbocycles. The van der Waals surface area contributed by atoms with Gasteiger partial charge in [-0.3, -0.25) is 4.79 Å². The number of aromatic nitrogens is 3. The van der Waals surface area contributed by atoms with E-state index in [0.717, 1.165) is 46.5 Å². The number of carbonyl (C=O) groups excluding carboxylic acids is 1. The van der Waals surface area contributed by atoms with Gasteiger partial charge in [0.1, 0.15) is 5.82 Å². The van der Waals surface area contributed by atoms with E-state index in [1.54, 1.807) is 11.8 Å². The van der Waals surface area contributed by atoms with Crippen LogP contribution in [-0.2, 0) is 23.5 Å². The number of anilines is 1. The summed E-state index contributed by atoms with van der Waals surface area (Å²) >= 11 is 3.18. The van der Waals surface area contributed by atoms with Crippen LogP contribution in [0.3, 0.4) is 0 Å². The third-order valence-electron chi connectivity index (χ3n) is 4.84. The van der Waals surface area contributed by atoms with Crippen molar-refractivity contribution in [3.05, 3.63) is 65.0 Å². The van der Waals surface area contributed by atoms with Gasteiger partial charge in [0.05, 0.1) is 11.5 Å². The van der Waals surface area contributed by atoms with Crippen molar-refractivity contribution in [2.75, 3.05) is 11.1 Å². The minimum Gasteiger partial charge on any atom is -0.325 e. The largest absolute Gasteiger partial charge is 0.325 e. The molecule has 0 aliphatic rings. The van der Waals surface area contributed by atoms with Gasteiger partial charge in [0.2, 0.25) is 5.91 Å². The molecular weight excluding hydrogens is 412 g/mol. The Bertz CT molecular complexity index is 999. The zero-order chi connectivity index (χ0) is 21.5. The molecule has 0 aliphatic heterocycles. The van der Waals surface area contributed by atoms with Crippen LogP contribution in [0.1, 0.15) is 36.4 Å². The van der Waals surface area contributed by atoms with Crippen molar-refractivity contribution >= 4 is 35.1 Å². The Labute approximate surface area is 187 Å². The minimum absolute atomic E-state index is 0.0229. The van der Waals surface area contributed by atoms with E-state index in [4.69, 9.17) is 0 Å². The molecule has 3 rings (SSSR count). The molecule has 0 bridgehead atoms. The maximum Gasteiger partial charge on any atom is 0.234 e. The molecule has 0 fully saturated rings. The van der Waals surface area contributed by atoms with Crippen molar-refractivity contribution in [3.8, 4) is 0 Å². The van der Waals surface area contributed by atoms with Crippen molar-refractivity contribution < 1.29 is 4.79 Å². The lowest BCUT2D eigenvalue weighted by molar-refractivity contribution is -0.113. The summed E-state index contributed by atoms with van der Waals surface area (Å²) in [4.78, 5) is 13.8. The number of para-hydroxylation sites is 1. The summed E-state index contributed by atoms with van der Waals surface area (Å²) < 4.78 is 2.09. The predicted molar refractivity (Wildman–Crippen MR) is 126 cm³/mol. The second kappa shape index (κ2) is 10.7. The molecule has 0 atom stereocenters. The van der Waals surface area contributed by atoms with Gasteiger partial charge in [-0.2, -0.15) is 0 Å². The average Bonchev–Trinajstić information content (AvgIpc) is 3.15. The second-order valence-electron chi connectivity index (χ2n) is 7.04. The molecule has 3 aromatic rings. The number of nitrogens with one attached hydrogen (secondary N) is 1. The lowest BCUT2D eigenvalue weighted by Gasteiger charge is -2.13. The summed E-state index contributed by atoms with van der Waals surface area (Å²) in [5.41, 5.74) is 4.42. The number of nitrogens with zero attached hydrogens (tertiary/aromatic N) is 3. The highest BCUT2D eigenvalue weighted by molar-refractivity contribution is 7.99. The van der Waals surface area contributed by atoms with E-state index >= 15 is 0 Å². The van der Waals surface area contributed by atoms with Gasteiger partial charge in [0.25, 0.3) is 0 Å². The van der Waals surface area contributed by atoms with Gasteiger partial charge in [-0.25, -0.2) is 0 Å². The normalized spacial score (nSPS) is 10.9. The highest BCUT2D eigenvalue weighted by Crippen LogP contribution is 2.26. The number of amides is 1. The highest BCUT2D eigenvalue weighted by Gasteiger charge is 2.15. The first-order valence-electron chi connectivity index (χ1n) is 10.1. The lowest BCUT2D eigenvalue weighted by atomic mass is 10.1. The summed E-state index contributed by atoms with van der Waals surface area (Å²) in [5, 5.41) is 12.5. The van der Waals surface area contributed by atoms with Crippen LogP contribution < -0.4 is 5.32 Å². The summed E-state index contributed by atoms with van der Waals surface area (Å²) in [6.07, 6.45) is 0.886. The predicted octanol–water partition coefficient (Wildman–Crippen LogP) is 5.50. The Balaban J connectivity index is 1.60. The van der Waals surface area contributed by atoms with E-state index in [-0.39, 0.29) is 5.91 Å². The van der Waals surface area contributed by atoms with Gasteiger partial charge < -0.3 is 9.88 Å². The van der Waals surface area contributed by atoms with Crippen LogP contribution in [0, 0.1) is 13.8 Å². The van der Waals surface area contributed by atoms with Crippen LogP contribution in [0.15, 0.2) is 52.5 Å². The molecule has 0 radical (unpaired) electrons. The number of benzene rings is 2. The number of aryl methyl sites for hydroxylation is 3. The van der Waals surface area contributed by atoms with Crippen molar-refractivity contribution in [1.82, 2.24) is 14.8 Å². The Morgan fingerprint density at radius 1 is 1.03 bits per heavy atom. The third-order valence-corrected chi connectivity index (χ3v) is 6.81. The number of hydrogen-bond donors (Lipinski definition) is 1. The van der Waals surface area contributed by atoms with Crippen LogP contribution in [0.4, 0.5) is 5.69 Å². The molecule has 2 aromatic carbocycles. The van der Waals surface area contributed by atoms with Gasteiger partial charge in [0.15, 0.2) is 5.16 Å². The standard InChI is InChI=1S/C23H28N4OS2/c1-5-18-9-7-8-17(4)22(18)24-21(28)15-30-23-26-25-20(27(23)6-2)14-29-19-12-10-16(3)11-13-19/h7-13H,5-6,14-15H2,1-4H3,(H,24,28). The maximum atomic E-state index is 12.6. The molecule has 0 aliphatic carbocycles. The Morgan fingerprint density at radius 2 is 1.80 bits per heavy atom. The molecule has 30 heavy (non-hydrogen) atoms. The first-order valence-corrected chi connectivity index (χ1v) is 12.1. The molecule has 5 nitrogen and oxygen atoms in total. The molecule has 0 unspecified atom stereocenters. The SMILES string of the molecule is CCc1cccc(C)c1NC(=O)CSc1nnc(CSc2ccc(C)cc2)n1CC. The summed E-state index contributed by atoms with van der Waals surface area (Å²) in [6.45, 7) is 9.06. The van der Waals surface area contributed by atoms with E-state index in [1.165, 1.54) is 22.2 Å². The van der Waals surface area contributed by atoms with Gasteiger partial charge in [-0.15, -0.1) is 22.0 Å². The average molecular weight is 441 g/mol. The molecular formula is C23H28N4OS2. The summed E-state index contributed by atoms with van der Waals surface area (Å²) in [7, 11) is 0. The third kappa shape index (κ3) is 5.67. The number of rotatable bonds is 9. The van der Waals surface area contributed by atoms with Crippen molar-refractivity contribution in [2.45, 2.75) is 56.5 Å². The molecule has 1 N–H and O–H groups in total. The van der Waals surface area contributed by atoms with E-state index in [9.17, 15) is 4.79 Å². The molecule has 1 aromatic heterocycles. The van der Waals surface area contributed by atoms with Crippen molar-refractivity contribution in [3.63, 3.8) is 0 Å². The van der Waals surface area contributed by atoms with E-state index in [1.807, 2.05) is 19.1 Å². The van der Waals surface area contributed by atoms with Gasteiger partial charge in [-0.05, 0) is 50.5 Å². The smallest absolute Gasteiger partial charge is 0.234 e. The molecule has 0 saturated heterocycles. The van der Waals surface area contributed by atoms with E-state index in [0.29, 0.717) is 5.75 Å². The maximum absolute atomic E-state index is 12.6. The Morgan fingerprint density at radius 3 is 2.50 bits per heavy atom.